The van der Waals surface area contributed by atoms with E-state index in [2.05, 4.69) is 34.1 Å². The number of aromatic nitrogens is 4. The Morgan fingerprint density at radius 1 is 1.13 bits per heavy atom. The van der Waals surface area contributed by atoms with Gasteiger partial charge in [-0.25, -0.2) is 9.48 Å². The summed E-state index contributed by atoms with van der Waals surface area (Å²) in [6.07, 6.45) is 3.33. The van der Waals surface area contributed by atoms with Gasteiger partial charge in [0.1, 0.15) is 11.4 Å². The summed E-state index contributed by atoms with van der Waals surface area (Å²) in [7, 11) is 1.54. The molecule has 2 aliphatic rings. The van der Waals surface area contributed by atoms with E-state index in [0.717, 1.165) is 23.7 Å². The lowest BCUT2D eigenvalue weighted by Crippen LogP contribution is -2.48. The molecule has 0 radical (unpaired) electrons. The standard InChI is InChI=1S/C28H38N6O5/c1-18-12-20-15-29-34(25-14-24(30-26(31-25)37-5)33-10-11-38-17-21(33)16-35)23(20)13-22(18)19-6-8-32(9-7-19)27(36)39-28(2,3)4/h12-15,19,21,35H,6-11,16-17H2,1-5H3/t21-/m0/s1. The van der Waals surface area contributed by atoms with Crippen LogP contribution in [0.25, 0.3) is 16.7 Å². The molecule has 1 N–H and O–H groups in total. The molecular weight excluding hydrogens is 500 g/mol. The molecule has 2 fully saturated rings. The lowest BCUT2D eigenvalue weighted by molar-refractivity contribution is 0.0204. The van der Waals surface area contributed by atoms with Gasteiger partial charge in [0.15, 0.2) is 5.82 Å². The maximum Gasteiger partial charge on any atom is 0.410 e. The fraction of sp³-hybridized carbons (Fsp3) is 0.571. The number of methoxy groups -OCH3 is 1. The van der Waals surface area contributed by atoms with E-state index in [1.807, 2.05) is 42.6 Å². The van der Waals surface area contributed by atoms with Gasteiger partial charge in [0.2, 0.25) is 0 Å². The van der Waals surface area contributed by atoms with E-state index in [1.54, 1.807) is 4.90 Å². The summed E-state index contributed by atoms with van der Waals surface area (Å²) < 4.78 is 18.4. The van der Waals surface area contributed by atoms with Crippen molar-refractivity contribution >= 4 is 22.8 Å². The highest BCUT2D eigenvalue weighted by molar-refractivity contribution is 5.82. The minimum atomic E-state index is -0.502. The molecule has 0 spiro atoms. The van der Waals surface area contributed by atoms with Gasteiger partial charge >= 0.3 is 12.1 Å². The first-order valence-corrected chi connectivity index (χ1v) is 13.5. The normalized spacial score (nSPS) is 19.0. The predicted molar refractivity (Wildman–Crippen MR) is 147 cm³/mol. The Kier molecular flexibility index (Phi) is 7.64. The van der Waals surface area contributed by atoms with Gasteiger partial charge in [0, 0.05) is 31.1 Å². The van der Waals surface area contributed by atoms with Crippen molar-refractivity contribution in [1.82, 2.24) is 24.6 Å². The van der Waals surface area contributed by atoms with Crippen LogP contribution in [0, 0.1) is 6.92 Å². The van der Waals surface area contributed by atoms with Crippen molar-refractivity contribution in [1.29, 1.82) is 0 Å². The summed E-state index contributed by atoms with van der Waals surface area (Å²) in [5.41, 5.74) is 2.90. The van der Waals surface area contributed by atoms with Crippen LogP contribution >= 0.6 is 0 Å². The van der Waals surface area contributed by atoms with Crippen molar-refractivity contribution in [3.8, 4) is 11.8 Å². The largest absolute Gasteiger partial charge is 0.467 e. The molecule has 0 bridgehead atoms. The number of hydrogen-bond donors (Lipinski definition) is 1. The first-order valence-electron chi connectivity index (χ1n) is 13.5. The zero-order valence-corrected chi connectivity index (χ0v) is 23.4. The number of amides is 1. The van der Waals surface area contributed by atoms with E-state index in [9.17, 15) is 9.90 Å². The summed E-state index contributed by atoms with van der Waals surface area (Å²) in [5, 5.41) is 15.6. The number of hydrogen-bond acceptors (Lipinski definition) is 9. The maximum atomic E-state index is 12.5. The van der Waals surface area contributed by atoms with E-state index >= 15 is 0 Å². The number of piperidine rings is 1. The smallest absolute Gasteiger partial charge is 0.410 e. The summed E-state index contributed by atoms with van der Waals surface area (Å²) in [4.78, 5) is 25.5. The molecule has 0 unspecified atom stereocenters. The molecule has 5 rings (SSSR count). The summed E-state index contributed by atoms with van der Waals surface area (Å²) in [6.45, 7) is 10.7. The highest BCUT2D eigenvalue weighted by Crippen LogP contribution is 2.34. The van der Waals surface area contributed by atoms with Crippen molar-refractivity contribution in [2.75, 3.05) is 51.5 Å². The third-order valence-corrected chi connectivity index (χ3v) is 7.35. The van der Waals surface area contributed by atoms with Crippen LogP contribution < -0.4 is 9.64 Å². The van der Waals surface area contributed by atoms with Gasteiger partial charge in [-0.1, -0.05) is 0 Å². The number of aliphatic hydroxyl groups is 1. The van der Waals surface area contributed by atoms with E-state index < -0.39 is 5.60 Å². The molecule has 1 atom stereocenters. The number of carbonyl (C=O) groups is 1. The Morgan fingerprint density at radius 2 is 1.87 bits per heavy atom. The van der Waals surface area contributed by atoms with Gasteiger partial charge in [-0.3, -0.25) is 0 Å². The highest BCUT2D eigenvalue weighted by atomic mass is 16.6. The topological polar surface area (TPSA) is 115 Å². The van der Waals surface area contributed by atoms with Crippen LogP contribution in [0.1, 0.15) is 50.7 Å². The zero-order valence-electron chi connectivity index (χ0n) is 23.4. The number of rotatable bonds is 5. The monoisotopic (exact) mass is 538 g/mol. The number of morpholine rings is 1. The number of anilines is 1. The molecule has 1 amide bonds. The second-order valence-corrected chi connectivity index (χ2v) is 11.2. The van der Waals surface area contributed by atoms with Crippen LogP contribution in [0.2, 0.25) is 0 Å². The molecule has 0 aliphatic carbocycles. The Balaban J connectivity index is 1.44. The maximum absolute atomic E-state index is 12.5. The Hall–Kier alpha value is -3.44. The molecule has 2 aromatic heterocycles. The van der Waals surface area contributed by atoms with Gasteiger partial charge < -0.3 is 29.1 Å². The average molecular weight is 539 g/mol. The summed E-state index contributed by atoms with van der Waals surface area (Å²) in [5.74, 6) is 1.57. The first kappa shape index (κ1) is 27.1. The number of nitrogens with zero attached hydrogens (tertiary/aromatic N) is 6. The van der Waals surface area contributed by atoms with Crippen LogP contribution in [-0.4, -0.2) is 94.1 Å². The number of fused-ring (bicyclic) bond motifs is 1. The Labute approximate surface area is 228 Å². The van der Waals surface area contributed by atoms with Gasteiger partial charge in [-0.05, 0) is 69.7 Å². The van der Waals surface area contributed by atoms with Gasteiger partial charge in [-0.15, -0.1) is 0 Å². The number of benzene rings is 1. The molecule has 4 heterocycles. The van der Waals surface area contributed by atoms with Crippen LogP contribution in [0.3, 0.4) is 0 Å². The fourth-order valence-electron chi connectivity index (χ4n) is 5.38. The van der Waals surface area contributed by atoms with E-state index in [0.29, 0.717) is 50.4 Å². The predicted octanol–water partition coefficient (Wildman–Crippen LogP) is 3.44. The second kappa shape index (κ2) is 11.0. The molecule has 39 heavy (non-hydrogen) atoms. The molecule has 210 valence electrons. The molecule has 1 aromatic carbocycles. The first-order chi connectivity index (χ1) is 18.7. The number of aliphatic hydroxyl groups excluding tert-OH is 1. The highest BCUT2D eigenvalue weighted by Gasteiger charge is 2.29. The quantitative estimate of drug-likeness (QED) is 0.522. The van der Waals surface area contributed by atoms with Gasteiger partial charge in [0.05, 0.1) is 44.7 Å². The number of likely N-dealkylation sites (tertiary alicyclic amines) is 1. The molecule has 0 saturated carbocycles. The third kappa shape index (κ3) is 5.79. The zero-order chi connectivity index (χ0) is 27.7. The summed E-state index contributed by atoms with van der Waals surface area (Å²) in [6, 6.07) is 6.28. The summed E-state index contributed by atoms with van der Waals surface area (Å²) >= 11 is 0. The van der Waals surface area contributed by atoms with Crippen molar-refractivity contribution < 1.29 is 24.1 Å². The molecule has 2 saturated heterocycles. The van der Waals surface area contributed by atoms with E-state index in [1.165, 1.54) is 18.2 Å². The lowest BCUT2D eigenvalue weighted by atomic mass is 9.86. The van der Waals surface area contributed by atoms with Crippen LogP contribution in [0.4, 0.5) is 10.6 Å². The number of aryl methyl sites for hydroxylation is 1. The van der Waals surface area contributed by atoms with E-state index in [4.69, 9.17) is 14.2 Å². The van der Waals surface area contributed by atoms with E-state index in [-0.39, 0.29) is 24.8 Å². The number of carbonyl (C=O) groups excluding carboxylic acids is 1. The average Bonchev–Trinajstić information content (AvgIpc) is 3.34. The minimum Gasteiger partial charge on any atom is -0.467 e. The second-order valence-electron chi connectivity index (χ2n) is 11.2. The number of ether oxygens (including phenoxy) is 3. The molecule has 11 heteroatoms. The fourth-order valence-corrected chi connectivity index (χ4v) is 5.38. The molecular formula is C28H38N6O5. The van der Waals surface area contributed by atoms with Crippen molar-refractivity contribution in [2.45, 2.75) is 58.1 Å². The SMILES string of the molecule is COc1nc(N2CCOC[C@@H]2CO)cc(-n2ncc3cc(C)c(C4CCN(C(=O)OC(C)(C)C)CC4)cc32)n1. The van der Waals surface area contributed by atoms with Gasteiger partial charge in [-0.2, -0.15) is 15.1 Å². The van der Waals surface area contributed by atoms with Crippen LogP contribution in [-0.2, 0) is 9.47 Å². The minimum absolute atomic E-state index is 0.0399. The molecule has 11 nitrogen and oxygen atoms in total. The molecule has 2 aliphatic heterocycles. The molecule has 3 aromatic rings. The van der Waals surface area contributed by atoms with Gasteiger partial charge in [0.25, 0.3) is 0 Å². The third-order valence-electron chi connectivity index (χ3n) is 7.35. The van der Waals surface area contributed by atoms with Crippen molar-refractivity contribution in [3.05, 3.63) is 35.5 Å². The Bertz CT molecular complexity index is 1330. The Morgan fingerprint density at radius 3 is 2.56 bits per heavy atom. The van der Waals surface area contributed by atoms with Crippen molar-refractivity contribution in [3.63, 3.8) is 0 Å². The lowest BCUT2D eigenvalue weighted by Gasteiger charge is -2.35. The van der Waals surface area contributed by atoms with Crippen LogP contribution in [0.5, 0.6) is 6.01 Å². The van der Waals surface area contributed by atoms with Crippen molar-refractivity contribution in [2.24, 2.45) is 0 Å². The van der Waals surface area contributed by atoms with Crippen LogP contribution in [0.15, 0.2) is 24.4 Å².